The highest BCUT2D eigenvalue weighted by molar-refractivity contribution is 9.10. The highest BCUT2D eigenvalue weighted by Crippen LogP contribution is 2.27. The van der Waals surface area contributed by atoms with E-state index in [9.17, 15) is 0 Å². The summed E-state index contributed by atoms with van der Waals surface area (Å²) in [5.41, 5.74) is 1.27. The summed E-state index contributed by atoms with van der Waals surface area (Å²) in [5.74, 6) is 0.185. The fourth-order valence-corrected chi connectivity index (χ4v) is 2.92. The smallest absolute Gasteiger partial charge is 0.0672 e. The van der Waals surface area contributed by atoms with Gasteiger partial charge in [0.25, 0.3) is 0 Å². The maximum Gasteiger partial charge on any atom is 0.0672 e. The second-order valence-electron chi connectivity index (χ2n) is 4.72. The molecule has 0 saturated heterocycles. The molecule has 1 aliphatic rings. The van der Waals surface area contributed by atoms with Crippen LogP contribution in [0.1, 0.15) is 37.8 Å². The fraction of sp³-hybridized carbons (Fsp3) is 0.500. The van der Waals surface area contributed by atoms with E-state index in [0.29, 0.717) is 12.1 Å². The van der Waals surface area contributed by atoms with Gasteiger partial charge in [0.15, 0.2) is 0 Å². The molecule has 0 aromatic heterocycles. The molecule has 3 atom stereocenters. The molecule has 17 heavy (non-hydrogen) atoms. The van der Waals surface area contributed by atoms with Crippen molar-refractivity contribution in [1.82, 2.24) is 5.32 Å². The van der Waals surface area contributed by atoms with Crippen LogP contribution in [0.25, 0.3) is 0 Å². The zero-order valence-corrected chi connectivity index (χ0v) is 11.6. The van der Waals surface area contributed by atoms with Crippen LogP contribution in [0.3, 0.4) is 0 Å². The third-order valence-electron chi connectivity index (χ3n) is 3.49. The van der Waals surface area contributed by atoms with Gasteiger partial charge in [-0.3, -0.25) is 0 Å². The lowest BCUT2D eigenvalue weighted by atomic mass is 10.0. The quantitative estimate of drug-likeness (QED) is 0.920. The molecule has 0 heterocycles. The van der Waals surface area contributed by atoms with Gasteiger partial charge in [0.05, 0.1) is 12.0 Å². The molecule has 0 radical (unpaired) electrons. The van der Waals surface area contributed by atoms with Crippen molar-refractivity contribution >= 4 is 15.9 Å². The van der Waals surface area contributed by atoms with E-state index in [2.05, 4.69) is 46.4 Å². The predicted molar refractivity (Wildman–Crippen MR) is 72.4 cm³/mol. The molecule has 1 aromatic rings. The van der Waals surface area contributed by atoms with Crippen molar-refractivity contribution in [1.29, 1.82) is 5.26 Å². The highest BCUT2D eigenvalue weighted by atomic mass is 79.9. The average molecular weight is 293 g/mol. The standard InChI is InChI=1S/C14H17BrN2/c1-10(11-4-2-6-13(15)8-11)17-14-7-3-5-12(14)9-16/h2,4,6,8,10,12,14,17H,3,5,7H2,1H3/t10-,12?,14?/m0/s1. The Morgan fingerprint density at radius 3 is 3.00 bits per heavy atom. The van der Waals surface area contributed by atoms with Crippen molar-refractivity contribution in [2.75, 3.05) is 0 Å². The lowest BCUT2D eigenvalue weighted by Crippen LogP contribution is -2.33. The minimum absolute atomic E-state index is 0.185. The van der Waals surface area contributed by atoms with E-state index in [1.807, 2.05) is 12.1 Å². The molecule has 1 aromatic carbocycles. The van der Waals surface area contributed by atoms with E-state index in [0.717, 1.165) is 17.3 Å². The van der Waals surface area contributed by atoms with E-state index in [1.54, 1.807) is 0 Å². The largest absolute Gasteiger partial charge is 0.306 e. The topological polar surface area (TPSA) is 35.8 Å². The van der Waals surface area contributed by atoms with Crippen LogP contribution in [-0.4, -0.2) is 6.04 Å². The summed E-state index contributed by atoms with van der Waals surface area (Å²) in [6.07, 6.45) is 3.33. The molecular formula is C14H17BrN2. The number of benzene rings is 1. The fourth-order valence-electron chi connectivity index (χ4n) is 2.51. The number of nitriles is 1. The third-order valence-corrected chi connectivity index (χ3v) is 3.99. The molecule has 90 valence electrons. The van der Waals surface area contributed by atoms with Crippen LogP contribution in [0.5, 0.6) is 0 Å². The minimum atomic E-state index is 0.185. The molecule has 2 unspecified atom stereocenters. The van der Waals surface area contributed by atoms with Crippen molar-refractivity contribution in [3.05, 3.63) is 34.3 Å². The molecule has 0 spiro atoms. The van der Waals surface area contributed by atoms with Crippen molar-refractivity contribution < 1.29 is 0 Å². The lowest BCUT2D eigenvalue weighted by Gasteiger charge is -2.22. The van der Waals surface area contributed by atoms with Crippen LogP contribution in [0.2, 0.25) is 0 Å². The molecule has 1 saturated carbocycles. The van der Waals surface area contributed by atoms with Crippen LogP contribution in [0.4, 0.5) is 0 Å². The molecule has 3 heteroatoms. The zero-order chi connectivity index (χ0) is 12.3. The van der Waals surface area contributed by atoms with Gasteiger partial charge in [0.1, 0.15) is 0 Å². The van der Waals surface area contributed by atoms with Crippen LogP contribution in [0, 0.1) is 17.2 Å². The second-order valence-corrected chi connectivity index (χ2v) is 5.63. The summed E-state index contributed by atoms with van der Waals surface area (Å²) in [4.78, 5) is 0. The Balaban J connectivity index is 2.02. The molecule has 1 fully saturated rings. The maximum atomic E-state index is 9.07. The first-order valence-electron chi connectivity index (χ1n) is 6.12. The van der Waals surface area contributed by atoms with Crippen molar-refractivity contribution in [2.24, 2.45) is 5.92 Å². The molecule has 0 amide bonds. The average Bonchev–Trinajstić information content (AvgIpc) is 2.76. The number of rotatable bonds is 3. The van der Waals surface area contributed by atoms with E-state index in [-0.39, 0.29) is 5.92 Å². The van der Waals surface area contributed by atoms with Crippen molar-refractivity contribution in [2.45, 2.75) is 38.3 Å². The summed E-state index contributed by atoms with van der Waals surface area (Å²) >= 11 is 3.49. The summed E-state index contributed by atoms with van der Waals surface area (Å²) in [6, 6.07) is 11.4. The van der Waals surface area contributed by atoms with Crippen LogP contribution < -0.4 is 5.32 Å². The molecule has 2 nitrogen and oxygen atoms in total. The normalized spacial score (nSPS) is 25.5. The molecule has 1 N–H and O–H groups in total. The molecule has 0 aliphatic heterocycles. The Labute approximate surface area is 111 Å². The highest BCUT2D eigenvalue weighted by Gasteiger charge is 2.28. The van der Waals surface area contributed by atoms with Gasteiger partial charge < -0.3 is 5.32 Å². The van der Waals surface area contributed by atoms with Crippen molar-refractivity contribution in [3.63, 3.8) is 0 Å². The Hall–Kier alpha value is -0.850. The number of nitrogens with zero attached hydrogens (tertiary/aromatic N) is 1. The number of nitrogens with one attached hydrogen (secondary N) is 1. The minimum Gasteiger partial charge on any atom is -0.306 e. The Morgan fingerprint density at radius 2 is 2.29 bits per heavy atom. The first-order chi connectivity index (χ1) is 8.20. The second kappa shape index (κ2) is 5.66. The zero-order valence-electron chi connectivity index (χ0n) is 9.99. The maximum absolute atomic E-state index is 9.07. The predicted octanol–water partition coefficient (Wildman–Crippen LogP) is 3.79. The Bertz CT molecular complexity index is 424. The van der Waals surface area contributed by atoms with Crippen LogP contribution in [0.15, 0.2) is 28.7 Å². The Morgan fingerprint density at radius 1 is 1.47 bits per heavy atom. The molecule has 0 bridgehead atoms. The van der Waals surface area contributed by atoms with Gasteiger partial charge >= 0.3 is 0 Å². The van der Waals surface area contributed by atoms with Gasteiger partial charge in [-0.15, -0.1) is 0 Å². The van der Waals surface area contributed by atoms with E-state index < -0.39 is 0 Å². The van der Waals surface area contributed by atoms with E-state index >= 15 is 0 Å². The monoisotopic (exact) mass is 292 g/mol. The van der Waals surface area contributed by atoms with Gasteiger partial charge in [-0.05, 0) is 37.5 Å². The van der Waals surface area contributed by atoms with Crippen LogP contribution >= 0.6 is 15.9 Å². The number of hydrogen-bond donors (Lipinski definition) is 1. The van der Waals surface area contributed by atoms with Gasteiger partial charge in [0.2, 0.25) is 0 Å². The first kappa shape index (κ1) is 12.6. The Kier molecular flexibility index (Phi) is 4.20. The van der Waals surface area contributed by atoms with Gasteiger partial charge in [-0.1, -0.05) is 34.5 Å². The van der Waals surface area contributed by atoms with Gasteiger partial charge in [-0.2, -0.15) is 5.26 Å². The lowest BCUT2D eigenvalue weighted by molar-refractivity contribution is 0.417. The molecular weight excluding hydrogens is 276 g/mol. The van der Waals surface area contributed by atoms with Gasteiger partial charge in [0, 0.05) is 16.6 Å². The third kappa shape index (κ3) is 3.08. The summed E-state index contributed by atoms with van der Waals surface area (Å²) < 4.78 is 1.10. The summed E-state index contributed by atoms with van der Waals surface area (Å²) in [7, 11) is 0. The van der Waals surface area contributed by atoms with E-state index in [4.69, 9.17) is 5.26 Å². The van der Waals surface area contributed by atoms with Crippen LogP contribution in [-0.2, 0) is 0 Å². The number of hydrogen-bond acceptors (Lipinski definition) is 2. The molecule has 2 rings (SSSR count). The number of halogens is 1. The summed E-state index contributed by atoms with van der Waals surface area (Å²) in [6.45, 7) is 2.16. The molecule has 1 aliphatic carbocycles. The van der Waals surface area contributed by atoms with Crippen molar-refractivity contribution in [3.8, 4) is 6.07 Å². The van der Waals surface area contributed by atoms with E-state index in [1.165, 1.54) is 12.0 Å². The van der Waals surface area contributed by atoms with Gasteiger partial charge in [-0.25, -0.2) is 0 Å². The first-order valence-corrected chi connectivity index (χ1v) is 6.91. The SMILES string of the molecule is C[C@H](NC1CCCC1C#N)c1cccc(Br)c1. The summed E-state index contributed by atoms with van der Waals surface area (Å²) in [5, 5.41) is 12.6.